The highest BCUT2D eigenvalue weighted by Crippen LogP contribution is 1.98. The molecular weight excluding hydrogens is 170 g/mol. The number of ether oxygens (including phenoxy) is 1. The van der Waals surface area contributed by atoms with E-state index < -0.39 is 0 Å². The lowest BCUT2D eigenvalue weighted by Crippen LogP contribution is -2.41. The van der Waals surface area contributed by atoms with E-state index in [4.69, 9.17) is 14.9 Å². The van der Waals surface area contributed by atoms with Crippen LogP contribution in [0.4, 0.5) is 0 Å². The second-order valence-electron chi connectivity index (χ2n) is 2.86. The molecule has 0 aliphatic heterocycles. The fraction of sp³-hybridized carbons (Fsp3) is 1.00. The van der Waals surface area contributed by atoms with Crippen LogP contribution in [0, 0.1) is 0 Å². The molecule has 0 amide bonds. The molecule has 0 rings (SSSR count). The molecule has 4 heteroatoms. The number of likely N-dealkylation sites (N-methyl/N-ethyl adjacent to an activating group) is 1. The first kappa shape index (κ1) is 12.8. The minimum atomic E-state index is 0.0381. The number of hydrogen-bond acceptors (Lipinski definition) is 4. The average molecular weight is 191 g/mol. The zero-order chi connectivity index (χ0) is 10.1. The van der Waals surface area contributed by atoms with E-state index >= 15 is 0 Å². The molecule has 0 bridgehead atoms. The summed E-state index contributed by atoms with van der Waals surface area (Å²) in [5.41, 5.74) is 0. The van der Waals surface area contributed by atoms with Crippen molar-refractivity contribution in [1.29, 1.82) is 0 Å². The van der Waals surface area contributed by atoms with Crippen LogP contribution in [0.1, 0.15) is 13.8 Å². The van der Waals surface area contributed by atoms with Crippen molar-refractivity contribution in [3.05, 3.63) is 0 Å². The first-order chi connectivity index (χ1) is 6.29. The molecule has 0 aliphatic rings. The molecular formula is C9H21NO3. The van der Waals surface area contributed by atoms with Gasteiger partial charge in [-0.2, -0.15) is 0 Å². The molecule has 0 aromatic heterocycles. The van der Waals surface area contributed by atoms with Gasteiger partial charge in [0.05, 0.1) is 32.5 Å². The van der Waals surface area contributed by atoms with Crippen molar-refractivity contribution in [2.24, 2.45) is 0 Å². The van der Waals surface area contributed by atoms with Gasteiger partial charge in [0.15, 0.2) is 0 Å². The minimum Gasteiger partial charge on any atom is -0.395 e. The van der Waals surface area contributed by atoms with E-state index in [0.717, 1.165) is 13.1 Å². The highest BCUT2D eigenvalue weighted by molar-refractivity contribution is 4.67. The van der Waals surface area contributed by atoms with Crippen LogP contribution < -0.4 is 0 Å². The van der Waals surface area contributed by atoms with Crippen molar-refractivity contribution in [1.82, 2.24) is 4.90 Å². The quantitative estimate of drug-likeness (QED) is 0.517. The molecule has 0 aromatic rings. The Kier molecular flexibility index (Phi) is 8.33. The molecule has 0 spiro atoms. The van der Waals surface area contributed by atoms with Crippen molar-refractivity contribution in [3.63, 3.8) is 0 Å². The van der Waals surface area contributed by atoms with Crippen molar-refractivity contribution in [3.8, 4) is 0 Å². The van der Waals surface area contributed by atoms with Gasteiger partial charge in [-0.05, 0) is 13.1 Å². The van der Waals surface area contributed by atoms with Gasteiger partial charge in [0, 0.05) is 0 Å². The minimum absolute atomic E-state index is 0.0381. The lowest BCUT2D eigenvalue weighted by Gasteiger charge is -2.27. The Balaban J connectivity index is 3.71. The van der Waals surface area contributed by atoms with Gasteiger partial charge >= 0.3 is 0 Å². The van der Waals surface area contributed by atoms with Crippen molar-refractivity contribution >= 4 is 0 Å². The molecule has 0 saturated heterocycles. The van der Waals surface area contributed by atoms with Crippen LogP contribution in [0.25, 0.3) is 0 Å². The molecule has 1 atom stereocenters. The fourth-order valence-corrected chi connectivity index (χ4v) is 1.30. The predicted molar refractivity (Wildman–Crippen MR) is 51.7 cm³/mol. The summed E-state index contributed by atoms with van der Waals surface area (Å²) in [4.78, 5) is 2.14. The molecule has 0 saturated carbocycles. The lowest BCUT2D eigenvalue weighted by atomic mass is 10.3. The van der Waals surface area contributed by atoms with E-state index in [1.165, 1.54) is 0 Å². The second kappa shape index (κ2) is 8.44. The monoisotopic (exact) mass is 191 g/mol. The maximum atomic E-state index is 9.07. The Labute approximate surface area is 80.1 Å². The van der Waals surface area contributed by atoms with E-state index in [-0.39, 0.29) is 19.3 Å². The second-order valence-corrected chi connectivity index (χ2v) is 2.86. The summed E-state index contributed by atoms with van der Waals surface area (Å²) in [6, 6.07) is 0.0570. The summed E-state index contributed by atoms with van der Waals surface area (Å²) in [6.45, 7) is 6.89. The van der Waals surface area contributed by atoms with E-state index in [1.807, 2.05) is 0 Å². The normalized spacial score (nSPS) is 13.6. The molecule has 13 heavy (non-hydrogen) atoms. The summed E-state index contributed by atoms with van der Waals surface area (Å²) < 4.78 is 5.17. The summed E-state index contributed by atoms with van der Waals surface area (Å²) in [5, 5.41) is 17.6. The number of nitrogens with zero attached hydrogens (tertiary/aromatic N) is 1. The molecule has 4 nitrogen and oxygen atoms in total. The maximum Gasteiger partial charge on any atom is 0.0698 e. The van der Waals surface area contributed by atoms with E-state index in [0.29, 0.717) is 13.2 Å². The first-order valence-corrected chi connectivity index (χ1v) is 4.83. The molecule has 80 valence electrons. The average Bonchev–Trinajstić information content (AvgIpc) is 2.17. The molecule has 2 N–H and O–H groups in total. The third-order valence-electron chi connectivity index (χ3n) is 2.09. The van der Waals surface area contributed by atoms with Crippen LogP contribution >= 0.6 is 0 Å². The van der Waals surface area contributed by atoms with Crippen LogP contribution in [0.5, 0.6) is 0 Å². The molecule has 1 unspecified atom stereocenters. The standard InChI is InChI=1S/C9H21NO3/c1-3-10(4-2)9(7-12)8-13-6-5-11/h9,11-12H,3-8H2,1-2H3. The van der Waals surface area contributed by atoms with Crippen molar-refractivity contribution < 1.29 is 14.9 Å². The Morgan fingerprint density at radius 2 is 1.85 bits per heavy atom. The van der Waals surface area contributed by atoms with Gasteiger partial charge in [-0.15, -0.1) is 0 Å². The Bertz CT molecular complexity index is 107. The van der Waals surface area contributed by atoms with E-state index in [9.17, 15) is 0 Å². The molecule has 0 aliphatic carbocycles. The SMILES string of the molecule is CCN(CC)C(CO)COCCO. The highest BCUT2D eigenvalue weighted by Gasteiger charge is 2.13. The molecule has 0 aromatic carbocycles. The maximum absolute atomic E-state index is 9.07. The molecule has 0 heterocycles. The summed E-state index contributed by atoms with van der Waals surface area (Å²) >= 11 is 0. The van der Waals surface area contributed by atoms with Gasteiger partial charge in [0.1, 0.15) is 0 Å². The first-order valence-electron chi connectivity index (χ1n) is 4.83. The molecule has 0 fully saturated rings. The largest absolute Gasteiger partial charge is 0.395 e. The van der Waals surface area contributed by atoms with Crippen LogP contribution in [-0.2, 0) is 4.74 Å². The smallest absolute Gasteiger partial charge is 0.0698 e. The van der Waals surface area contributed by atoms with Crippen LogP contribution in [0.15, 0.2) is 0 Å². The summed E-state index contributed by atoms with van der Waals surface area (Å²) in [5.74, 6) is 0. The van der Waals surface area contributed by atoms with E-state index in [2.05, 4.69) is 18.7 Å². The lowest BCUT2D eigenvalue weighted by molar-refractivity contribution is 0.0216. The fourth-order valence-electron chi connectivity index (χ4n) is 1.30. The van der Waals surface area contributed by atoms with Crippen LogP contribution in [0.3, 0.4) is 0 Å². The van der Waals surface area contributed by atoms with Gasteiger partial charge in [0.25, 0.3) is 0 Å². The summed E-state index contributed by atoms with van der Waals surface area (Å²) in [7, 11) is 0. The predicted octanol–water partition coefficient (Wildman–Crippen LogP) is -0.302. The Morgan fingerprint density at radius 3 is 2.23 bits per heavy atom. The Hall–Kier alpha value is -0.160. The number of rotatable bonds is 8. The Morgan fingerprint density at radius 1 is 1.23 bits per heavy atom. The third kappa shape index (κ3) is 5.21. The third-order valence-corrected chi connectivity index (χ3v) is 2.09. The zero-order valence-electron chi connectivity index (χ0n) is 8.57. The van der Waals surface area contributed by atoms with Gasteiger partial charge in [0.2, 0.25) is 0 Å². The molecule has 0 radical (unpaired) electrons. The van der Waals surface area contributed by atoms with Crippen LogP contribution in [0.2, 0.25) is 0 Å². The van der Waals surface area contributed by atoms with Crippen molar-refractivity contribution in [2.75, 3.05) is 39.5 Å². The van der Waals surface area contributed by atoms with Gasteiger partial charge in [-0.25, -0.2) is 0 Å². The van der Waals surface area contributed by atoms with Crippen LogP contribution in [-0.4, -0.2) is 60.7 Å². The highest BCUT2D eigenvalue weighted by atomic mass is 16.5. The van der Waals surface area contributed by atoms with Gasteiger partial charge in [-0.1, -0.05) is 13.8 Å². The van der Waals surface area contributed by atoms with Crippen molar-refractivity contribution in [2.45, 2.75) is 19.9 Å². The number of aliphatic hydroxyl groups excluding tert-OH is 2. The topological polar surface area (TPSA) is 52.9 Å². The number of aliphatic hydroxyl groups is 2. The number of hydrogen-bond donors (Lipinski definition) is 2. The summed E-state index contributed by atoms with van der Waals surface area (Å²) in [6.07, 6.45) is 0. The van der Waals surface area contributed by atoms with E-state index in [1.54, 1.807) is 0 Å². The van der Waals surface area contributed by atoms with Gasteiger partial charge < -0.3 is 14.9 Å². The van der Waals surface area contributed by atoms with Gasteiger partial charge in [-0.3, -0.25) is 4.90 Å². The zero-order valence-corrected chi connectivity index (χ0v) is 8.57.